The van der Waals surface area contributed by atoms with Crippen LogP contribution in [0.15, 0.2) is 36.9 Å². The van der Waals surface area contributed by atoms with Crippen LogP contribution in [-0.2, 0) is 36.9 Å². The minimum absolute atomic E-state index is 0.0761. The topological polar surface area (TPSA) is 151 Å². The van der Waals surface area contributed by atoms with Gasteiger partial charge in [-0.2, -0.15) is 0 Å². The summed E-state index contributed by atoms with van der Waals surface area (Å²) < 4.78 is 7.81. The second kappa shape index (κ2) is 26.7. The van der Waals surface area contributed by atoms with E-state index >= 15 is 0 Å². The van der Waals surface area contributed by atoms with Crippen molar-refractivity contribution in [1.82, 2.24) is 14.9 Å². The van der Waals surface area contributed by atoms with Crippen LogP contribution < -0.4 is 15.8 Å². The molecule has 1 unspecified atom stereocenters. The molecular formula is C32H54N4O6S. The number of hydrogen-bond acceptors (Lipinski definition) is 7. The zero-order valence-electron chi connectivity index (χ0n) is 26.4. The molecule has 4 amide bonds. The average Bonchev–Trinajstić information content (AvgIpc) is 3.71. The van der Waals surface area contributed by atoms with E-state index in [2.05, 4.69) is 42.6 Å². The van der Waals surface area contributed by atoms with Crippen molar-refractivity contribution in [3.63, 3.8) is 0 Å². The largest absolute Gasteiger partial charge is 0.392 e. The number of rotatable bonds is 16. The van der Waals surface area contributed by atoms with Gasteiger partial charge in [0.15, 0.2) is 0 Å². The maximum absolute atomic E-state index is 11.4. The number of likely N-dealkylation sites (tertiary alicyclic amines) is 1. The summed E-state index contributed by atoms with van der Waals surface area (Å²) in [5, 5.41) is 11.9. The highest BCUT2D eigenvalue weighted by atomic mass is 32.2. The van der Waals surface area contributed by atoms with Crippen LogP contribution in [0.1, 0.15) is 89.2 Å². The van der Waals surface area contributed by atoms with Crippen molar-refractivity contribution in [3.05, 3.63) is 48.0 Å². The van der Waals surface area contributed by atoms with Crippen LogP contribution in [0.4, 0.5) is 0 Å². The molecule has 1 saturated heterocycles. The van der Waals surface area contributed by atoms with Gasteiger partial charge in [-0.05, 0) is 74.4 Å². The number of unbranched alkanes of at least 4 members (excludes halogenated alkanes) is 2. The highest BCUT2D eigenvalue weighted by molar-refractivity contribution is 7.98. The van der Waals surface area contributed by atoms with Gasteiger partial charge in [-0.25, -0.2) is 0 Å². The Morgan fingerprint density at radius 1 is 1.16 bits per heavy atom. The molecule has 244 valence electrons. The number of nitrogens with one attached hydrogen (secondary N) is 2. The first-order valence-corrected chi connectivity index (χ1v) is 16.1. The number of primary amides is 1. The number of nitrogens with two attached hydrogens (primary N) is 1. The predicted octanol–water partition coefficient (Wildman–Crippen LogP) is 4.04. The molecule has 11 heteroatoms. The van der Waals surface area contributed by atoms with E-state index in [1.165, 1.54) is 42.6 Å². The number of ether oxygens (including phenoxy) is 1. The third-order valence-electron chi connectivity index (χ3n) is 6.17. The average molecular weight is 623 g/mol. The summed E-state index contributed by atoms with van der Waals surface area (Å²) in [6, 6.07) is 7.66. The van der Waals surface area contributed by atoms with Gasteiger partial charge in [0.1, 0.15) is 6.04 Å². The van der Waals surface area contributed by atoms with Crippen LogP contribution >= 0.6 is 11.9 Å². The van der Waals surface area contributed by atoms with Crippen LogP contribution in [0, 0.1) is 0 Å². The lowest BCUT2D eigenvalue weighted by atomic mass is 10.0. The van der Waals surface area contributed by atoms with Gasteiger partial charge in [-0.1, -0.05) is 57.0 Å². The Bertz CT molecular complexity index is 929. The fourth-order valence-electron chi connectivity index (χ4n) is 3.85. The van der Waals surface area contributed by atoms with Crippen molar-refractivity contribution in [2.24, 2.45) is 5.73 Å². The number of aliphatic hydroxyl groups is 1. The smallest absolute Gasteiger partial charge is 0.242 e. The molecule has 10 nitrogen and oxygen atoms in total. The third-order valence-corrected chi connectivity index (χ3v) is 7.32. The Labute approximate surface area is 262 Å². The van der Waals surface area contributed by atoms with Gasteiger partial charge in [-0.15, -0.1) is 6.58 Å². The van der Waals surface area contributed by atoms with E-state index in [0.29, 0.717) is 31.0 Å². The number of aryl methyl sites for hydroxylation is 1. The van der Waals surface area contributed by atoms with Gasteiger partial charge < -0.3 is 25.8 Å². The van der Waals surface area contributed by atoms with Crippen LogP contribution in [0.5, 0.6) is 0 Å². The number of allylic oxidation sites excluding steroid dienone is 1. The van der Waals surface area contributed by atoms with Gasteiger partial charge in [0.05, 0.1) is 13.2 Å². The number of amides is 4. The summed E-state index contributed by atoms with van der Waals surface area (Å²) in [6.45, 7) is 9.26. The van der Waals surface area contributed by atoms with Crippen molar-refractivity contribution < 1.29 is 29.0 Å². The molecule has 0 spiro atoms. The highest BCUT2D eigenvalue weighted by Crippen LogP contribution is 2.31. The Morgan fingerprint density at radius 2 is 1.86 bits per heavy atom. The fraction of sp³-hybridized carbons (Fsp3) is 0.625. The minimum Gasteiger partial charge on any atom is -0.392 e. The van der Waals surface area contributed by atoms with E-state index in [9.17, 15) is 19.2 Å². The maximum Gasteiger partial charge on any atom is 0.242 e. The summed E-state index contributed by atoms with van der Waals surface area (Å²) >= 11 is 1.57. The quantitative estimate of drug-likeness (QED) is 0.0940. The first kappa shape index (κ1) is 40.1. The third kappa shape index (κ3) is 21.4. The van der Waals surface area contributed by atoms with Crippen molar-refractivity contribution in [1.29, 1.82) is 0 Å². The zero-order valence-corrected chi connectivity index (χ0v) is 27.2. The first-order chi connectivity index (χ1) is 20.8. The molecule has 2 fully saturated rings. The summed E-state index contributed by atoms with van der Waals surface area (Å²) in [6.07, 6.45) is 13.3. The highest BCUT2D eigenvalue weighted by Gasteiger charge is 2.32. The molecule has 0 bridgehead atoms. The van der Waals surface area contributed by atoms with E-state index in [0.717, 1.165) is 37.9 Å². The second-order valence-electron chi connectivity index (χ2n) is 10.3. The molecule has 3 rings (SSSR count). The normalized spacial score (nSPS) is 14.9. The van der Waals surface area contributed by atoms with E-state index in [1.807, 2.05) is 12.1 Å². The lowest BCUT2D eigenvalue weighted by Gasteiger charge is -2.21. The molecule has 1 aliphatic heterocycles. The molecular weight excluding hydrogens is 568 g/mol. The number of methoxy groups -OCH3 is 1. The molecule has 5 N–H and O–H groups in total. The number of nitrogens with zero attached hydrogens (tertiary/aromatic N) is 1. The fourth-order valence-corrected chi connectivity index (χ4v) is 4.62. The van der Waals surface area contributed by atoms with Gasteiger partial charge in [0.25, 0.3) is 0 Å². The van der Waals surface area contributed by atoms with Crippen molar-refractivity contribution in [2.45, 2.75) is 102 Å². The molecule has 1 aromatic rings. The standard InChI is InChI=1S/C13H20O2.C8H13N3O3.C8H13NOS.C3H8/c1-15-9-4-2-3-6-12-7-5-8-13(10-12)11-14;9-8(14)6-2-1-3-11(6)7(13)4-10-5-12;1-2-3-4-8(10)9-11-7-5-6-7;1-3-2/h5,7-8,10,14H,2-4,6,9,11H2,1H3;5-6H,1-4H2,(H2,9,14)(H,10,12);2,7H,1,3-6H2,(H,9,10);3H2,1-2H3. The molecule has 1 saturated carbocycles. The summed E-state index contributed by atoms with van der Waals surface area (Å²) in [5.41, 5.74) is 7.45. The van der Waals surface area contributed by atoms with E-state index in [4.69, 9.17) is 15.6 Å². The monoisotopic (exact) mass is 622 g/mol. The predicted molar refractivity (Wildman–Crippen MR) is 174 cm³/mol. The number of aliphatic hydroxyl groups excluding tert-OH is 1. The maximum atomic E-state index is 11.4. The van der Waals surface area contributed by atoms with Crippen LogP contribution in [0.3, 0.4) is 0 Å². The molecule has 0 aromatic heterocycles. The Balaban J connectivity index is 0.000000593. The molecule has 1 atom stereocenters. The van der Waals surface area contributed by atoms with E-state index in [-0.39, 0.29) is 25.0 Å². The van der Waals surface area contributed by atoms with Crippen LogP contribution in [-0.4, -0.2) is 72.2 Å². The van der Waals surface area contributed by atoms with Gasteiger partial charge in [0.2, 0.25) is 24.1 Å². The first-order valence-electron chi connectivity index (χ1n) is 15.3. The van der Waals surface area contributed by atoms with E-state index < -0.39 is 11.9 Å². The molecule has 43 heavy (non-hydrogen) atoms. The number of benzene rings is 1. The zero-order chi connectivity index (χ0) is 32.3. The number of carbonyl (C=O) groups is 4. The van der Waals surface area contributed by atoms with E-state index in [1.54, 1.807) is 25.1 Å². The van der Waals surface area contributed by atoms with Crippen LogP contribution in [0.2, 0.25) is 0 Å². The molecule has 1 heterocycles. The number of carbonyl (C=O) groups excluding carboxylic acids is 4. The van der Waals surface area contributed by atoms with Gasteiger partial charge in [0, 0.05) is 31.9 Å². The lowest BCUT2D eigenvalue weighted by Crippen LogP contribution is -2.46. The molecule has 2 aliphatic rings. The minimum atomic E-state index is -0.504. The summed E-state index contributed by atoms with van der Waals surface area (Å²) in [4.78, 5) is 44.7. The molecule has 1 aromatic carbocycles. The summed E-state index contributed by atoms with van der Waals surface area (Å²) in [7, 11) is 1.74. The van der Waals surface area contributed by atoms with Gasteiger partial charge in [-0.3, -0.25) is 23.9 Å². The van der Waals surface area contributed by atoms with Crippen molar-refractivity contribution in [2.75, 3.05) is 26.8 Å². The SMILES string of the molecule is C=CCCC(=O)NSC1CC1.CCC.COCCCCCc1cccc(CO)c1.NC(=O)C1CCCN1C(=O)CNC=O. The summed E-state index contributed by atoms with van der Waals surface area (Å²) in [5.74, 6) is -0.623. The molecule has 0 radical (unpaired) electrons. The number of hydrogen-bond donors (Lipinski definition) is 4. The lowest BCUT2D eigenvalue weighted by molar-refractivity contribution is -0.137. The van der Waals surface area contributed by atoms with Crippen LogP contribution in [0.25, 0.3) is 0 Å². The Hall–Kier alpha value is -2.89. The van der Waals surface area contributed by atoms with Crippen molar-refractivity contribution >= 4 is 36.1 Å². The van der Waals surface area contributed by atoms with Crippen molar-refractivity contribution in [3.8, 4) is 0 Å². The van der Waals surface area contributed by atoms with Gasteiger partial charge >= 0.3 is 0 Å². The Kier molecular flexibility index (Phi) is 24.9. The Morgan fingerprint density at radius 3 is 2.44 bits per heavy atom. The second-order valence-corrected chi connectivity index (χ2v) is 11.4. The molecule has 1 aliphatic carbocycles.